The lowest BCUT2D eigenvalue weighted by Gasteiger charge is -2.22. The van der Waals surface area contributed by atoms with Crippen LogP contribution in [0.4, 0.5) is 0 Å². The van der Waals surface area contributed by atoms with Crippen LogP contribution in [-0.4, -0.2) is 24.9 Å². The largest absolute Gasteiger partial charge is 0.374 e. The molecule has 1 aliphatic heterocycles. The summed E-state index contributed by atoms with van der Waals surface area (Å²) in [4.78, 5) is 0. The van der Waals surface area contributed by atoms with E-state index in [1.807, 2.05) is 0 Å². The summed E-state index contributed by atoms with van der Waals surface area (Å²) in [5, 5.41) is 0. The highest BCUT2D eigenvalue weighted by atomic mass is 16.5. The maximum absolute atomic E-state index is 5.91. The molecule has 0 spiro atoms. The standard InChI is InChI=1S/C13H22O2/c1-13(2)8-11(10-15-13)9-14-12-6-4-3-5-7-12/h8,12H,3-7,9-10H2,1-2H3. The summed E-state index contributed by atoms with van der Waals surface area (Å²) in [6.45, 7) is 5.72. The van der Waals surface area contributed by atoms with E-state index >= 15 is 0 Å². The Balaban J connectivity index is 1.74. The zero-order chi connectivity index (χ0) is 10.7. The van der Waals surface area contributed by atoms with Crippen LogP contribution in [0.1, 0.15) is 46.0 Å². The highest BCUT2D eigenvalue weighted by Crippen LogP contribution is 2.25. The Labute approximate surface area is 92.6 Å². The van der Waals surface area contributed by atoms with Crippen LogP contribution in [0.5, 0.6) is 0 Å². The molecule has 0 unspecified atom stereocenters. The van der Waals surface area contributed by atoms with Crippen molar-refractivity contribution in [3.8, 4) is 0 Å². The van der Waals surface area contributed by atoms with Gasteiger partial charge in [-0.05, 0) is 38.3 Å². The fourth-order valence-electron chi connectivity index (χ4n) is 2.39. The van der Waals surface area contributed by atoms with Crippen LogP contribution in [0.3, 0.4) is 0 Å². The Morgan fingerprint density at radius 3 is 2.67 bits per heavy atom. The van der Waals surface area contributed by atoms with E-state index in [1.54, 1.807) is 0 Å². The van der Waals surface area contributed by atoms with Crippen LogP contribution in [0.15, 0.2) is 11.6 Å². The molecule has 0 radical (unpaired) electrons. The van der Waals surface area contributed by atoms with Gasteiger partial charge in [-0.3, -0.25) is 0 Å². The van der Waals surface area contributed by atoms with Crippen LogP contribution < -0.4 is 0 Å². The van der Waals surface area contributed by atoms with E-state index in [2.05, 4.69) is 19.9 Å². The van der Waals surface area contributed by atoms with E-state index in [0.29, 0.717) is 6.10 Å². The van der Waals surface area contributed by atoms with Crippen molar-refractivity contribution < 1.29 is 9.47 Å². The Bertz CT molecular complexity index is 237. The van der Waals surface area contributed by atoms with Crippen LogP contribution in [0.25, 0.3) is 0 Å². The lowest BCUT2D eigenvalue weighted by molar-refractivity contribution is 0.0295. The Hall–Kier alpha value is -0.340. The highest BCUT2D eigenvalue weighted by molar-refractivity contribution is 5.15. The summed E-state index contributed by atoms with van der Waals surface area (Å²) in [7, 11) is 0. The first-order chi connectivity index (χ1) is 7.16. The fourth-order valence-corrected chi connectivity index (χ4v) is 2.39. The van der Waals surface area contributed by atoms with Gasteiger partial charge in [-0.15, -0.1) is 0 Å². The maximum atomic E-state index is 5.91. The lowest BCUT2D eigenvalue weighted by atomic mass is 9.98. The third-order valence-electron chi connectivity index (χ3n) is 3.24. The molecule has 1 aliphatic carbocycles. The van der Waals surface area contributed by atoms with Crippen LogP contribution in [0.2, 0.25) is 0 Å². The molecular weight excluding hydrogens is 188 g/mol. The molecule has 2 nitrogen and oxygen atoms in total. The molecule has 0 saturated heterocycles. The molecule has 0 aromatic carbocycles. The summed E-state index contributed by atoms with van der Waals surface area (Å²) in [6.07, 6.45) is 9.27. The van der Waals surface area contributed by atoms with Crippen molar-refractivity contribution in [2.45, 2.75) is 57.7 Å². The summed E-state index contributed by atoms with van der Waals surface area (Å²) >= 11 is 0. The summed E-state index contributed by atoms with van der Waals surface area (Å²) in [5.74, 6) is 0. The summed E-state index contributed by atoms with van der Waals surface area (Å²) < 4.78 is 11.5. The molecule has 1 saturated carbocycles. The van der Waals surface area contributed by atoms with Gasteiger partial charge in [0, 0.05) is 0 Å². The van der Waals surface area contributed by atoms with E-state index in [9.17, 15) is 0 Å². The molecule has 0 bridgehead atoms. The lowest BCUT2D eigenvalue weighted by Crippen LogP contribution is -2.18. The molecule has 0 N–H and O–H groups in total. The average Bonchev–Trinajstić information content (AvgIpc) is 2.57. The van der Waals surface area contributed by atoms with Gasteiger partial charge in [-0.2, -0.15) is 0 Å². The third kappa shape index (κ3) is 3.32. The third-order valence-corrected chi connectivity index (χ3v) is 3.24. The SMILES string of the molecule is CC1(C)C=C(COC2CCCCC2)CO1. The molecule has 86 valence electrons. The molecular formula is C13H22O2. The molecule has 0 amide bonds. The van der Waals surface area contributed by atoms with E-state index in [1.165, 1.54) is 37.7 Å². The number of ether oxygens (including phenoxy) is 2. The number of rotatable bonds is 3. The van der Waals surface area contributed by atoms with E-state index in [-0.39, 0.29) is 5.60 Å². The zero-order valence-corrected chi connectivity index (χ0v) is 9.92. The monoisotopic (exact) mass is 210 g/mol. The predicted molar refractivity (Wildman–Crippen MR) is 60.9 cm³/mol. The fraction of sp³-hybridized carbons (Fsp3) is 0.846. The van der Waals surface area contributed by atoms with Crippen molar-refractivity contribution >= 4 is 0 Å². The second-order valence-corrected chi connectivity index (χ2v) is 5.27. The normalized spacial score (nSPS) is 26.7. The summed E-state index contributed by atoms with van der Waals surface area (Å²) in [6, 6.07) is 0. The van der Waals surface area contributed by atoms with Gasteiger partial charge in [0.1, 0.15) is 0 Å². The molecule has 2 aliphatic rings. The van der Waals surface area contributed by atoms with Gasteiger partial charge < -0.3 is 9.47 Å². The Morgan fingerprint density at radius 2 is 2.07 bits per heavy atom. The van der Waals surface area contributed by atoms with E-state index < -0.39 is 0 Å². The smallest absolute Gasteiger partial charge is 0.0815 e. The van der Waals surface area contributed by atoms with E-state index in [4.69, 9.17) is 9.47 Å². The number of hydrogen-bond donors (Lipinski definition) is 0. The van der Waals surface area contributed by atoms with Gasteiger partial charge in [0.05, 0.1) is 24.9 Å². The van der Waals surface area contributed by atoms with Crippen molar-refractivity contribution in [1.29, 1.82) is 0 Å². The minimum absolute atomic E-state index is 0.0781. The first kappa shape index (κ1) is 11.2. The predicted octanol–water partition coefficient (Wildman–Crippen LogP) is 3.07. The Kier molecular flexibility index (Phi) is 3.47. The first-order valence-electron chi connectivity index (χ1n) is 6.12. The second-order valence-electron chi connectivity index (χ2n) is 5.27. The highest BCUT2D eigenvalue weighted by Gasteiger charge is 2.24. The van der Waals surface area contributed by atoms with Gasteiger partial charge >= 0.3 is 0 Å². The molecule has 15 heavy (non-hydrogen) atoms. The quantitative estimate of drug-likeness (QED) is 0.666. The molecule has 1 heterocycles. The van der Waals surface area contributed by atoms with Gasteiger partial charge in [0.2, 0.25) is 0 Å². The summed E-state index contributed by atoms with van der Waals surface area (Å²) in [5.41, 5.74) is 1.23. The van der Waals surface area contributed by atoms with Gasteiger partial charge in [0.25, 0.3) is 0 Å². The Morgan fingerprint density at radius 1 is 1.33 bits per heavy atom. The van der Waals surface area contributed by atoms with Crippen molar-refractivity contribution in [2.24, 2.45) is 0 Å². The minimum atomic E-state index is -0.0781. The molecule has 1 fully saturated rings. The van der Waals surface area contributed by atoms with Crippen LogP contribution >= 0.6 is 0 Å². The molecule has 2 rings (SSSR count). The molecule has 0 atom stereocenters. The average molecular weight is 210 g/mol. The van der Waals surface area contributed by atoms with Crippen LogP contribution in [0, 0.1) is 0 Å². The zero-order valence-electron chi connectivity index (χ0n) is 9.92. The van der Waals surface area contributed by atoms with E-state index in [0.717, 1.165) is 13.2 Å². The molecule has 0 aromatic heterocycles. The second kappa shape index (κ2) is 4.67. The van der Waals surface area contributed by atoms with Gasteiger partial charge in [0.15, 0.2) is 0 Å². The van der Waals surface area contributed by atoms with Crippen LogP contribution in [-0.2, 0) is 9.47 Å². The first-order valence-corrected chi connectivity index (χ1v) is 6.12. The van der Waals surface area contributed by atoms with Crippen molar-refractivity contribution in [3.63, 3.8) is 0 Å². The molecule has 0 aromatic rings. The van der Waals surface area contributed by atoms with Crippen molar-refractivity contribution in [1.82, 2.24) is 0 Å². The topological polar surface area (TPSA) is 18.5 Å². The van der Waals surface area contributed by atoms with Crippen molar-refractivity contribution in [2.75, 3.05) is 13.2 Å². The number of hydrogen-bond acceptors (Lipinski definition) is 2. The minimum Gasteiger partial charge on any atom is -0.374 e. The van der Waals surface area contributed by atoms with Gasteiger partial charge in [-0.25, -0.2) is 0 Å². The van der Waals surface area contributed by atoms with Crippen molar-refractivity contribution in [3.05, 3.63) is 11.6 Å². The van der Waals surface area contributed by atoms with Gasteiger partial charge in [-0.1, -0.05) is 19.3 Å². The molecule has 2 heteroatoms. The maximum Gasteiger partial charge on any atom is 0.0815 e.